The number of halogens is 1. The van der Waals surface area contributed by atoms with Gasteiger partial charge in [-0.2, -0.15) is 0 Å². The average molecular weight is 282 g/mol. The number of aryl methyl sites for hydroxylation is 1. The molecule has 18 heavy (non-hydrogen) atoms. The number of ether oxygens (including phenoxy) is 1. The Morgan fingerprint density at radius 2 is 2.11 bits per heavy atom. The molecule has 0 aliphatic carbocycles. The monoisotopic (exact) mass is 281 g/mol. The fraction of sp³-hybridized carbons (Fsp3) is 0.286. The van der Waals surface area contributed by atoms with Crippen LogP contribution < -0.4 is 10.5 Å². The molecule has 2 aromatic rings. The molecule has 0 aliphatic heterocycles. The maximum absolute atomic E-state index is 6.19. The molecule has 2 nitrogen and oxygen atoms in total. The topological polar surface area (TPSA) is 35.2 Å². The van der Waals surface area contributed by atoms with E-state index in [2.05, 4.69) is 18.4 Å². The van der Waals surface area contributed by atoms with Crippen molar-refractivity contribution in [2.75, 3.05) is 0 Å². The van der Waals surface area contributed by atoms with Gasteiger partial charge < -0.3 is 10.5 Å². The van der Waals surface area contributed by atoms with E-state index in [9.17, 15) is 0 Å². The van der Waals surface area contributed by atoms with Crippen LogP contribution in [0.25, 0.3) is 0 Å². The van der Waals surface area contributed by atoms with E-state index in [1.165, 1.54) is 4.88 Å². The summed E-state index contributed by atoms with van der Waals surface area (Å²) in [6, 6.07) is 9.34. The smallest absolute Gasteiger partial charge is 0.121 e. The predicted molar refractivity (Wildman–Crippen MR) is 77.5 cm³/mol. The second-order valence-corrected chi connectivity index (χ2v) is 5.85. The van der Waals surface area contributed by atoms with Crippen molar-refractivity contribution < 1.29 is 4.74 Å². The summed E-state index contributed by atoms with van der Waals surface area (Å²) in [4.78, 5) is 1.26. The van der Waals surface area contributed by atoms with Crippen LogP contribution in [0.4, 0.5) is 0 Å². The maximum Gasteiger partial charge on any atom is 0.121 e. The van der Waals surface area contributed by atoms with Crippen molar-refractivity contribution in [3.63, 3.8) is 0 Å². The van der Waals surface area contributed by atoms with Crippen molar-refractivity contribution in [3.8, 4) is 5.75 Å². The van der Waals surface area contributed by atoms with Gasteiger partial charge in [0.1, 0.15) is 11.9 Å². The van der Waals surface area contributed by atoms with E-state index in [1.54, 1.807) is 17.4 Å². The summed E-state index contributed by atoms with van der Waals surface area (Å²) in [5, 5.41) is 2.75. The SMILES string of the molecule is Cc1cc(C(N)C(C)Oc2cccc(Cl)c2)cs1. The highest BCUT2D eigenvalue weighted by atomic mass is 35.5. The number of rotatable bonds is 4. The maximum atomic E-state index is 6.19. The molecule has 2 rings (SSSR count). The summed E-state index contributed by atoms with van der Waals surface area (Å²) in [6.45, 7) is 4.04. The van der Waals surface area contributed by atoms with Crippen LogP contribution in [-0.2, 0) is 0 Å². The van der Waals surface area contributed by atoms with E-state index in [0.29, 0.717) is 5.02 Å². The molecule has 2 N–H and O–H groups in total. The molecule has 0 fully saturated rings. The summed E-state index contributed by atoms with van der Waals surface area (Å²) >= 11 is 7.62. The molecule has 0 aliphatic rings. The Hall–Kier alpha value is -1.03. The molecule has 1 aromatic carbocycles. The molecule has 0 bridgehead atoms. The van der Waals surface area contributed by atoms with Gasteiger partial charge in [0.2, 0.25) is 0 Å². The molecule has 0 saturated carbocycles. The van der Waals surface area contributed by atoms with E-state index in [-0.39, 0.29) is 12.1 Å². The second kappa shape index (κ2) is 5.74. The van der Waals surface area contributed by atoms with Crippen LogP contribution in [-0.4, -0.2) is 6.10 Å². The van der Waals surface area contributed by atoms with Crippen molar-refractivity contribution in [2.24, 2.45) is 5.73 Å². The first kappa shape index (κ1) is 13.4. The number of thiophene rings is 1. The summed E-state index contributed by atoms with van der Waals surface area (Å²) in [7, 11) is 0. The van der Waals surface area contributed by atoms with Gasteiger partial charge in [-0.05, 0) is 49.1 Å². The number of hydrogen-bond donors (Lipinski definition) is 1. The lowest BCUT2D eigenvalue weighted by molar-refractivity contribution is 0.190. The Morgan fingerprint density at radius 3 is 2.72 bits per heavy atom. The van der Waals surface area contributed by atoms with Gasteiger partial charge in [-0.15, -0.1) is 11.3 Å². The minimum absolute atomic E-state index is 0.0996. The molecular formula is C14H16ClNOS. The van der Waals surface area contributed by atoms with Crippen LogP contribution in [0.5, 0.6) is 5.75 Å². The summed E-state index contributed by atoms with van der Waals surface area (Å²) in [5.74, 6) is 0.748. The Kier molecular flexibility index (Phi) is 4.27. The predicted octanol–water partition coefficient (Wildman–Crippen LogP) is 4.18. The summed E-state index contributed by atoms with van der Waals surface area (Å²) in [5.41, 5.74) is 7.30. The molecule has 0 radical (unpaired) electrons. The van der Waals surface area contributed by atoms with Crippen molar-refractivity contribution in [3.05, 3.63) is 51.2 Å². The standard InChI is InChI=1S/C14H16ClNOS/c1-9-6-11(8-18-9)14(16)10(2)17-13-5-3-4-12(15)7-13/h3-8,10,14H,16H2,1-2H3. The Labute approximate surface area is 116 Å². The molecule has 0 spiro atoms. The highest BCUT2D eigenvalue weighted by molar-refractivity contribution is 7.10. The molecule has 2 atom stereocenters. The molecule has 2 unspecified atom stereocenters. The molecular weight excluding hydrogens is 266 g/mol. The highest BCUT2D eigenvalue weighted by Gasteiger charge is 2.17. The molecule has 0 amide bonds. The number of benzene rings is 1. The van der Waals surface area contributed by atoms with Gasteiger partial charge >= 0.3 is 0 Å². The van der Waals surface area contributed by atoms with Crippen LogP contribution in [0.15, 0.2) is 35.7 Å². The fourth-order valence-electron chi connectivity index (χ4n) is 1.74. The van der Waals surface area contributed by atoms with Gasteiger partial charge in [0, 0.05) is 9.90 Å². The van der Waals surface area contributed by atoms with E-state index in [1.807, 2.05) is 25.1 Å². The zero-order valence-electron chi connectivity index (χ0n) is 10.4. The van der Waals surface area contributed by atoms with Gasteiger partial charge in [0.05, 0.1) is 6.04 Å². The normalized spacial score (nSPS) is 14.2. The molecule has 0 saturated heterocycles. The Morgan fingerprint density at radius 1 is 1.33 bits per heavy atom. The third-order valence-electron chi connectivity index (χ3n) is 2.76. The van der Waals surface area contributed by atoms with Crippen LogP contribution >= 0.6 is 22.9 Å². The second-order valence-electron chi connectivity index (χ2n) is 4.30. The van der Waals surface area contributed by atoms with Crippen LogP contribution in [0.1, 0.15) is 23.4 Å². The van der Waals surface area contributed by atoms with E-state index in [4.69, 9.17) is 22.1 Å². The Balaban J connectivity index is 2.05. The van der Waals surface area contributed by atoms with Gasteiger partial charge in [-0.25, -0.2) is 0 Å². The van der Waals surface area contributed by atoms with E-state index in [0.717, 1.165) is 11.3 Å². The lowest BCUT2D eigenvalue weighted by Crippen LogP contribution is -2.28. The quantitative estimate of drug-likeness (QED) is 0.912. The molecule has 4 heteroatoms. The fourth-order valence-corrected chi connectivity index (χ4v) is 2.67. The first-order chi connectivity index (χ1) is 8.56. The first-order valence-electron chi connectivity index (χ1n) is 5.79. The lowest BCUT2D eigenvalue weighted by atomic mass is 10.1. The van der Waals surface area contributed by atoms with Gasteiger partial charge in [-0.1, -0.05) is 17.7 Å². The third-order valence-corrected chi connectivity index (χ3v) is 3.87. The van der Waals surface area contributed by atoms with Crippen molar-refractivity contribution in [2.45, 2.75) is 26.0 Å². The van der Waals surface area contributed by atoms with Crippen LogP contribution in [0.3, 0.4) is 0 Å². The minimum Gasteiger partial charge on any atom is -0.489 e. The van der Waals surface area contributed by atoms with Gasteiger partial charge in [-0.3, -0.25) is 0 Å². The van der Waals surface area contributed by atoms with E-state index >= 15 is 0 Å². The van der Waals surface area contributed by atoms with Gasteiger partial charge in [0.25, 0.3) is 0 Å². The molecule has 1 heterocycles. The van der Waals surface area contributed by atoms with Crippen molar-refractivity contribution in [1.82, 2.24) is 0 Å². The molecule has 1 aromatic heterocycles. The van der Waals surface area contributed by atoms with Gasteiger partial charge in [0.15, 0.2) is 0 Å². The average Bonchev–Trinajstić information content (AvgIpc) is 2.75. The van der Waals surface area contributed by atoms with Crippen LogP contribution in [0, 0.1) is 6.92 Å². The molecule has 96 valence electrons. The minimum atomic E-state index is -0.131. The zero-order valence-corrected chi connectivity index (χ0v) is 12.0. The van der Waals surface area contributed by atoms with Crippen molar-refractivity contribution >= 4 is 22.9 Å². The first-order valence-corrected chi connectivity index (χ1v) is 7.05. The van der Waals surface area contributed by atoms with Crippen LogP contribution in [0.2, 0.25) is 5.02 Å². The zero-order chi connectivity index (χ0) is 13.1. The largest absolute Gasteiger partial charge is 0.489 e. The summed E-state index contributed by atoms with van der Waals surface area (Å²) < 4.78 is 5.82. The third kappa shape index (κ3) is 3.25. The Bertz CT molecular complexity index is 526. The van der Waals surface area contributed by atoms with Crippen molar-refractivity contribution in [1.29, 1.82) is 0 Å². The highest BCUT2D eigenvalue weighted by Crippen LogP contribution is 2.25. The number of nitrogens with two attached hydrogens (primary N) is 1. The van der Waals surface area contributed by atoms with E-state index < -0.39 is 0 Å². The summed E-state index contributed by atoms with van der Waals surface area (Å²) in [6.07, 6.45) is -0.0996. The number of hydrogen-bond acceptors (Lipinski definition) is 3. The lowest BCUT2D eigenvalue weighted by Gasteiger charge is -2.21.